The molecule has 1 fully saturated rings. The van der Waals surface area contributed by atoms with Crippen LogP contribution < -0.4 is 10.2 Å². The van der Waals surface area contributed by atoms with E-state index in [-0.39, 0.29) is 0 Å². The maximum atomic E-state index is 4.67. The average Bonchev–Trinajstić information content (AvgIpc) is 3.11. The topological polar surface area (TPSA) is 28.2 Å². The lowest BCUT2D eigenvalue weighted by atomic mass is 10.2. The fraction of sp³-hybridized carbons (Fsp3) is 0.643. The molecule has 0 amide bonds. The van der Waals surface area contributed by atoms with Gasteiger partial charge in [-0.05, 0) is 50.9 Å². The molecule has 3 nitrogen and oxygen atoms in total. The van der Waals surface area contributed by atoms with Gasteiger partial charge < -0.3 is 10.2 Å². The van der Waals surface area contributed by atoms with E-state index >= 15 is 0 Å². The van der Waals surface area contributed by atoms with Crippen molar-refractivity contribution in [2.24, 2.45) is 0 Å². The molecule has 1 heterocycles. The summed E-state index contributed by atoms with van der Waals surface area (Å²) in [6, 6.07) is 5.14. The molecule has 0 aliphatic heterocycles. The smallest absolute Gasteiger partial charge is 0.129 e. The zero-order valence-corrected chi connectivity index (χ0v) is 11.2. The molecule has 94 valence electrons. The first-order valence-corrected chi connectivity index (χ1v) is 6.69. The minimum absolute atomic E-state index is 0.737. The monoisotopic (exact) mass is 233 g/mol. The lowest BCUT2D eigenvalue weighted by Crippen LogP contribution is -2.26. The van der Waals surface area contributed by atoms with Crippen molar-refractivity contribution in [3.63, 3.8) is 0 Å². The quantitative estimate of drug-likeness (QED) is 0.818. The predicted molar refractivity (Wildman–Crippen MR) is 72.4 cm³/mol. The highest BCUT2D eigenvalue weighted by Gasteiger charge is 2.28. The van der Waals surface area contributed by atoms with Crippen molar-refractivity contribution < 1.29 is 0 Å². The molecule has 1 aliphatic carbocycles. The number of anilines is 1. The zero-order valence-electron chi connectivity index (χ0n) is 11.2. The van der Waals surface area contributed by atoms with E-state index in [1.54, 1.807) is 0 Å². The molecule has 1 N–H and O–H groups in total. The summed E-state index contributed by atoms with van der Waals surface area (Å²) in [5.41, 5.74) is 2.46. The van der Waals surface area contributed by atoms with Crippen LogP contribution >= 0.6 is 0 Å². The molecule has 1 aromatic heterocycles. The Kier molecular flexibility index (Phi) is 4.00. The Bertz CT molecular complexity index is 372. The molecule has 1 aliphatic rings. The van der Waals surface area contributed by atoms with Crippen molar-refractivity contribution in [2.45, 2.75) is 46.2 Å². The summed E-state index contributed by atoms with van der Waals surface area (Å²) in [6.45, 7) is 9.44. The number of nitrogens with one attached hydrogen (secondary N) is 1. The standard InChI is InChI=1S/C14H23N3/c1-4-15-10-12-8-11(3)16-14(9-12)17(5-2)13-6-7-13/h8-9,13,15H,4-7,10H2,1-3H3. The van der Waals surface area contributed by atoms with E-state index in [2.05, 4.69) is 48.1 Å². The minimum Gasteiger partial charge on any atom is -0.354 e. The molecule has 3 heteroatoms. The van der Waals surface area contributed by atoms with Crippen LogP contribution in [0.25, 0.3) is 0 Å². The molecule has 17 heavy (non-hydrogen) atoms. The second-order valence-electron chi connectivity index (χ2n) is 4.77. The van der Waals surface area contributed by atoms with Crippen LogP contribution in [0.5, 0.6) is 0 Å². The summed E-state index contributed by atoms with van der Waals surface area (Å²) in [7, 11) is 0. The van der Waals surface area contributed by atoms with Gasteiger partial charge in [0.15, 0.2) is 0 Å². The minimum atomic E-state index is 0.737. The van der Waals surface area contributed by atoms with Gasteiger partial charge in [-0.25, -0.2) is 4.98 Å². The van der Waals surface area contributed by atoms with E-state index in [1.807, 2.05) is 0 Å². The van der Waals surface area contributed by atoms with E-state index < -0.39 is 0 Å². The molecule has 0 atom stereocenters. The molecule has 0 saturated heterocycles. The molecular formula is C14H23N3. The number of aryl methyl sites for hydroxylation is 1. The Balaban J connectivity index is 2.17. The molecule has 1 aromatic rings. The summed E-state index contributed by atoms with van der Waals surface area (Å²) in [5, 5.41) is 3.37. The van der Waals surface area contributed by atoms with Gasteiger partial charge in [0.2, 0.25) is 0 Å². The van der Waals surface area contributed by atoms with E-state index in [0.29, 0.717) is 0 Å². The Morgan fingerprint density at radius 1 is 1.35 bits per heavy atom. The number of aromatic nitrogens is 1. The van der Waals surface area contributed by atoms with E-state index in [4.69, 9.17) is 0 Å². The Hall–Kier alpha value is -1.09. The number of hydrogen-bond donors (Lipinski definition) is 1. The molecule has 0 radical (unpaired) electrons. The van der Waals surface area contributed by atoms with Crippen LogP contribution in [0.4, 0.5) is 5.82 Å². The zero-order chi connectivity index (χ0) is 12.3. The van der Waals surface area contributed by atoms with Gasteiger partial charge in [0, 0.05) is 24.8 Å². The molecule has 1 saturated carbocycles. The molecule has 0 aromatic carbocycles. The summed E-state index contributed by atoms with van der Waals surface area (Å²) < 4.78 is 0. The maximum absolute atomic E-state index is 4.67. The van der Waals surface area contributed by atoms with Gasteiger partial charge >= 0.3 is 0 Å². The summed E-state index contributed by atoms with van der Waals surface area (Å²) >= 11 is 0. The van der Waals surface area contributed by atoms with Gasteiger partial charge in [-0.1, -0.05) is 6.92 Å². The SMILES string of the molecule is CCNCc1cc(C)nc(N(CC)C2CC2)c1. The second kappa shape index (κ2) is 5.50. The first-order chi connectivity index (χ1) is 8.24. The molecule has 2 rings (SSSR count). The maximum Gasteiger partial charge on any atom is 0.129 e. The van der Waals surface area contributed by atoms with Crippen molar-refractivity contribution in [3.05, 3.63) is 23.4 Å². The highest BCUT2D eigenvalue weighted by molar-refractivity contribution is 5.45. The third-order valence-electron chi connectivity index (χ3n) is 3.20. The Labute approximate surface area is 104 Å². The van der Waals surface area contributed by atoms with Crippen molar-refractivity contribution in [3.8, 4) is 0 Å². The highest BCUT2D eigenvalue weighted by atomic mass is 15.2. The first-order valence-electron chi connectivity index (χ1n) is 6.69. The third-order valence-corrected chi connectivity index (χ3v) is 3.20. The molecule has 0 spiro atoms. The van der Waals surface area contributed by atoms with Gasteiger partial charge in [-0.2, -0.15) is 0 Å². The van der Waals surface area contributed by atoms with Gasteiger partial charge in [-0.15, -0.1) is 0 Å². The first kappa shape index (κ1) is 12.4. The van der Waals surface area contributed by atoms with Crippen LogP contribution in [0.15, 0.2) is 12.1 Å². The highest BCUT2D eigenvalue weighted by Crippen LogP contribution is 2.30. The van der Waals surface area contributed by atoms with Crippen LogP contribution in [0.2, 0.25) is 0 Å². The van der Waals surface area contributed by atoms with Gasteiger partial charge in [0.05, 0.1) is 0 Å². The van der Waals surface area contributed by atoms with E-state index in [9.17, 15) is 0 Å². The van der Waals surface area contributed by atoms with Gasteiger partial charge in [0.25, 0.3) is 0 Å². The molecule has 0 bridgehead atoms. The average molecular weight is 233 g/mol. The number of pyridine rings is 1. The molecular weight excluding hydrogens is 210 g/mol. The third kappa shape index (κ3) is 3.19. The molecule has 0 unspecified atom stereocenters. The van der Waals surface area contributed by atoms with Crippen molar-refractivity contribution >= 4 is 5.82 Å². The van der Waals surface area contributed by atoms with Gasteiger partial charge in [-0.3, -0.25) is 0 Å². The summed E-state index contributed by atoms with van der Waals surface area (Å²) in [4.78, 5) is 7.11. The van der Waals surface area contributed by atoms with E-state index in [1.165, 1.54) is 18.4 Å². The van der Waals surface area contributed by atoms with Crippen molar-refractivity contribution in [1.82, 2.24) is 10.3 Å². The number of nitrogens with zero attached hydrogens (tertiary/aromatic N) is 2. The fourth-order valence-electron chi connectivity index (χ4n) is 2.23. The van der Waals surface area contributed by atoms with Crippen LogP contribution in [-0.4, -0.2) is 24.1 Å². The fourth-order valence-corrected chi connectivity index (χ4v) is 2.23. The number of rotatable bonds is 6. The van der Waals surface area contributed by atoms with E-state index in [0.717, 1.165) is 37.2 Å². The summed E-state index contributed by atoms with van der Waals surface area (Å²) in [5.74, 6) is 1.16. The normalized spacial score (nSPS) is 15.0. The summed E-state index contributed by atoms with van der Waals surface area (Å²) in [6.07, 6.45) is 2.65. The Morgan fingerprint density at radius 3 is 2.71 bits per heavy atom. The lowest BCUT2D eigenvalue weighted by Gasteiger charge is -2.22. The van der Waals surface area contributed by atoms with Crippen LogP contribution in [0.3, 0.4) is 0 Å². The lowest BCUT2D eigenvalue weighted by molar-refractivity contribution is 0.722. The van der Waals surface area contributed by atoms with Crippen molar-refractivity contribution in [2.75, 3.05) is 18.0 Å². The van der Waals surface area contributed by atoms with Crippen molar-refractivity contribution in [1.29, 1.82) is 0 Å². The Morgan fingerprint density at radius 2 is 2.12 bits per heavy atom. The number of hydrogen-bond acceptors (Lipinski definition) is 3. The largest absolute Gasteiger partial charge is 0.354 e. The van der Waals surface area contributed by atoms with Crippen LogP contribution in [0, 0.1) is 6.92 Å². The second-order valence-corrected chi connectivity index (χ2v) is 4.77. The predicted octanol–water partition coefficient (Wildman–Crippen LogP) is 2.49. The van der Waals surface area contributed by atoms with Crippen LogP contribution in [0.1, 0.15) is 37.9 Å². The van der Waals surface area contributed by atoms with Gasteiger partial charge in [0.1, 0.15) is 5.82 Å². The van der Waals surface area contributed by atoms with Crippen LogP contribution in [-0.2, 0) is 6.54 Å².